The van der Waals surface area contributed by atoms with E-state index in [4.69, 9.17) is 0 Å². The summed E-state index contributed by atoms with van der Waals surface area (Å²) in [6.07, 6.45) is -1.10. The largest absolute Gasteiger partial charge is 0.417 e. The summed E-state index contributed by atoms with van der Waals surface area (Å²) in [4.78, 5) is 11.7. The first kappa shape index (κ1) is 11.0. The minimum Gasteiger partial charge on any atom is -0.289 e. The van der Waals surface area contributed by atoms with Gasteiger partial charge in [0.15, 0.2) is 5.78 Å². The van der Waals surface area contributed by atoms with E-state index in [1.807, 2.05) is 0 Å². The molecule has 2 aliphatic rings. The summed E-state index contributed by atoms with van der Waals surface area (Å²) in [5, 5.41) is 0. The maximum absolute atomic E-state index is 13.0. The van der Waals surface area contributed by atoms with Crippen LogP contribution in [0.15, 0.2) is 47.6 Å². The van der Waals surface area contributed by atoms with Crippen LogP contribution in [0.25, 0.3) is 11.6 Å². The molecule has 0 aliphatic heterocycles. The zero-order chi connectivity index (χ0) is 12.9. The van der Waals surface area contributed by atoms with Crippen LogP contribution in [0.1, 0.15) is 11.1 Å². The number of benzene rings is 1. The van der Waals surface area contributed by atoms with Crippen molar-refractivity contribution in [1.29, 1.82) is 0 Å². The molecule has 0 saturated heterocycles. The van der Waals surface area contributed by atoms with Gasteiger partial charge in [-0.1, -0.05) is 24.3 Å². The molecule has 2 aliphatic carbocycles. The van der Waals surface area contributed by atoms with Crippen molar-refractivity contribution in [3.8, 4) is 0 Å². The molecule has 0 unspecified atom stereocenters. The number of hydrogen-bond acceptors (Lipinski definition) is 1. The van der Waals surface area contributed by atoms with E-state index in [1.165, 1.54) is 6.08 Å². The molecule has 1 nitrogen and oxygen atoms in total. The van der Waals surface area contributed by atoms with Crippen molar-refractivity contribution in [3.05, 3.63) is 58.7 Å². The second kappa shape index (κ2) is 3.45. The van der Waals surface area contributed by atoms with E-state index in [0.717, 1.165) is 12.2 Å². The minimum absolute atomic E-state index is 0.00519. The van der Waals surface area contributed by atoms with Crippen LogP contribution in [0.4, 0.5) is 13.2 Å². The van der Waals surface area contributed by atoms with Gasteiger partial charge in [0.05, 0.1) is 5.57 Å². The summed E-state index contributed by atoms with van der Waals surface area (Å²) in [6.45, 7) is 0. The van der Waals surface area contributed by atoms with Gasteiger partial charge < -0.3 is 0 Å². The normalized spacial score (nSPS) is 17.7. The van der Waals surface area contributed by atoms with Crippen LogP contribution in [0.2, 0.25) is 0 Å². The van der Waals surface area contributed by atoms with Crippen LogP contribution in [0.5, 0.6) is 0 Å². The number of fused-ring (bicyclic) bond motifs is 3. The summed E-state index contributed by atoms with van der Waals surface area (Å²) in [5.74, 6) is -0.380. The highest BCUT2D eigenvalue weighted by Gasteiger charge is 2.40. The lowest BCUT2D eigenvalue weighted by Crippen LogP contribution is -2.17. The summed E-state index contributed by atoms with van der Waals surface area (Å²) >= 11 is 0. The third-order valence-electron chi connectivity index (χ3n) is 3.04. The number of hydrogen-bond donors (Lipinski definition) is 0. The van der Waals surface area contributed by atoms with E-state index in [1.54, 1.807) is 24.3 Å². The molecule has 0 aromatic heterocycles. The highest BCUT2D eigenvalue weighted by atomic mass is 19.4. The van der Waals surface area contributed by atoms with E-state index in [2.05, 4.69) is 0 Å². The number of halogens is 3. The van der Waals surface area contributed by atoms with Gasteiger partial charge in [-0.05, 0) is 29.4 Å². The Bertz CT molecular complexity index is 645. The number of rotatable bonds is 0. The highest BCUT2D eigenvalue weighted by molar-refractivity contribution is 6.24. The van der Waals surface area contributed by atoms with Crippen LogP contribution < -0.4 is 0 Å². The third kappa shape index (κ3) is 1.45. The smallest absolute Gasteiger partial charge is 0.289 e. The molecule has 90 valence electrons. The topological polar surface area (TPSA) is 17.1 Å². The van der Waals surface area contributed by atoms with Crippen molar-refractivity contribution in [2.24, 2.45) is 0 Å². The molecular formula is C14H7F3O. The average Bonchev–Trinajstić information content (AvgIpc) is 2.68. The summed E-state index contributed by atoms with van der Waals surface area (Å²) in [7, 11) is 0. The first-order valence-corrected chi connectivity index (χ1v) is 5.34. The fourth-order valence-electron chi connectivity index (χ4n) is 2.28. The van der Waals surface area contributed by atoms with E-state index in [0.29, 0.717) is 11.1 Å². The van der Waals surface area contributed by atoms with Crippen LogP contribution in [0.3, 0.4) is 0 Å². The fourth-order valence-corrected chi connectivity index (χ4v) is 2.28. The molecule has 0 spiro atoms. The number of allylic oxidation sites excluding steroid dienone is 5. The molecule has 0 bridgehead atoms. The van der Waals surface area contributed by atoms with Crippen molar-refractivity contribution in [3.63, 3.8) is 0 Å². The molecule has 0 atom stereocenters. The van der Waals surface area contributed by atoms with Gasteiger partial charge in [0, 0.05) is 11.1 Å². The van der Waals surface area contributed by atoms with Gasteiger partial charge in [0.1, 0.15) is 0 Å². The summed E-state index contributed by atoms with van der Waals surface area (Å²) in [6, 6.07) is 6.71. The predicted octanol–water partition coefficient (Wildman–Crippen LogP) is 3.54. The van der Waals surface area contributed by atoms with Crippen molar-refractivity contribution in [2.45, 2.75) is 6.18 Å². The van der Waals surface area contributed by atoms with Crippen molar-refractivity contribution < 1.29 is 18.0 Å². The second-order valence-corrected chi connectivity index (χ2v) is 4.13. The Hall–Kier alpha value is -2.10. The highest BCUT2D eigenvalue weighted by Crippen LogP contribution is 2.45. The summed E-state index contributed by atoms with van der Waals surface area (Å²) in [5.41, 5.74) is 0.508. The maximum Gasteiger partial charge on any atom is 0.417 e. The summed E-state index contributed by atoms with van der Waals surface area (Å²) < 4.78 is 38.9. The van der Waals surface area contributed by atoms with Gasteiger partial charge in [-0.15, -0.1) is 0 Å². The van der Waals surface area contributed by atoms with Crippen molar-refractivity contribution in [2.75, 3.05) is 0 Å². The molecular weight excluding hydrogens is 241 g/mol. The monoisotopic (exact) mass is 248 g/mol. The van der Waals surface area contributed by atoms with Gasteiger partial charge in [0.2, 0.25) is 0 Å². The maximum atomic E-state index is 13.0. The molecule has 0 amide bonds. The van der Waals surface area contributed by atoms with Crippen LogP contribution in [-0.2, 0) is 4.79 Å². The molecule has 18 heavy (non-hydrogen) atoms. The Morgan fingerprint density at radius 1 is 1.00 bits per heavy atom. The number of carbonyl (C=O) groups is 1. The molecule has 0 fully saturated rings. The minimum atomic E-state index is -4.46. The lowest BCUT2D eigenvalue weighted by molar-refractivity contribution is -0.111. The van der Waals surface area contributed by atoms with Gasteiger partial charge in [-0.3, -0.25) is 4.79 Å². The molecule has 0 heterocycles. The average molecular weight is 248 g/mol. The van der Waals surface area contributed by atoms with Crippen molar-refractivity contribution in [1.82, 2.24) is 0 Å². The van der Waals surface area contributed by atoms with E-state index >= 15 is 0 Å². The SMILES string of the molecule is O=C1C=CC(C(F)(F)F)=C2C1=Cc1ccccc12. The van der Waals surface area contributed by atoms with E-state index < -0.39 is 11.7 Å². The predicted molar refractivity (Wildman–Crippen MR) is 61.5 cm³/mol. The molecule has 0 saturated carbocycles. The lowest BCUT2D eigenvalue weighted by Gasteiger charge is -2.17. The van der Waals surface area contributed by atoms with Gasteiger partial charge in [0.25, 0.3) is 0 Å². The van der Waals surface area contributed by atoms with Crippen LogP contribution in [0, 0.1) is 0 Å². The van der Waals surface area contributed by atoms with Crippen LogP contribution >= 0.6 is 0 Å². The second-order valence-electron chi connectivity index (χ2n) is 4.13. The molecule has 4 heteroatoms. The number of alkyl halides is 3. The molecule has 0 N–H and O–H groups in total. The Morgan fingerprint density at radius 3 is 2.44 bits per heavy atom. The van der Waals surface area contributed by atoms with Crippen molar-refractivity contribution >= 4 is 17.4 Å². The molecule has 3 rings (SSSR count). The quantitative estimate of drug-likeness (QED) is 0.686. The lowest BCUT2D eigenvalue weighted by atomic mass is 9.90. The van der Waals surface area contributed by atoms with E-state index in [-0.39, 0.29) is 16.9 Å². The Labute approximate surface area is 101 Å². The van der Waals surface area contributed by atoms with Crippen LogP contribution in [-0.4, -0.2) is 12.0 Å². The standard InChI is InChI=1S/C14H7F3O/c15-14(16,17)11-5-6-12(18)10-7-8-3-1-2-4-9(8)13(10)11/h1-7H. The Balaban J connectivity index is 2.33. The molecule has 1 aromatic carbocycles. The molecule has 1 aromatic rings. The Kier molecular flexibility index (Phi) is 2.11. The van der Waals surface area contributed by atoms with Gasteiger partial charge in [-0.2, -0.15) is 13.2 Å². The zero-order valence-electron chi connectivity index (χ0n) is 9.08. The van der Waals surface area contributed by atoms with Gasteiger partial charge in [-0.25, -0.2) is 0 Å². The first-order valence-electron chi connectivity index (χ1n) is 5.34. The first-order chi connectivity index (χ1) is 8.48. The fraction of sp³-hybridized carbons (Fsp3) is 0.0714. The van der Waals surface area contributed by atoms with Gasteiger partial charge >= 0.3 is 6.18 Å². The molecule has 0 radical (unpaired) electrons. The van der Waals surface area contributed by atoms with E-state index in [9.17, 15) is 18.0 Å². The zero-order valence-corrected chi connectivity index (χ0v) is 9.08. The third-order valence-corrected chi connectivity index (χ3v) is 3.04. The number of ketones is 1. The number of carbonyl (C=O) groups excluding carboxylic acids is 1. The Morgan fingerprint density at radius 2 is 1.72 bits per heavy atom.